The van der Waals surface area contributed by atoms with Crippen molar-refractivity contribution in [2.24, 2.45) is 0 Å². The van der Waals surface area contributed by atoms with Crippen LogP contribution in [0.4, 0.5) is 4.79 Å². The van der Waals surface area contributed by atoms with Gasteiger partial charge in [-0.15, -0.1) is 0 Å². The van der Waals surface area contributed by atoms with Gasteiger partial charge in [0.15, 0.2) is 6.73 Å². The van der Waals surface area contributed by atoms with Crippen LogP contribution in [0, 0.1) is 0 Å². The molecule has 0 unspecified atom stereocenters. The molecule has 5 nitrogen and oxygen atoms in total. The quantitative estimate of drug-likeness (QED) is 0.761. The standard InChI is InChI=1S/C17H19ClN2O3/c1-2-22-15-6-8-16(9-7-15)23-12-20-17(21)19-11-13-4-3-5-14(18)10-13/h3-10H,2,11-12H2,1H3,(H2,19,20,21). The Hall–Kier alpha value is -2.40. The van der Waals surface area contributed by atoms with Crippen molar-refractivity contribution in [1.82, 2.24) is 10.6 Å². The minimum absolute atomic E-state index is 0.0787. The van der Waals surface area contributed by atoms with Crippen molar-refractivity contribution < 1.29 is 14.3 Å². The van der Waals surface area contributed by atoms with E-state index in [-0.39, 0.29) is 12.8 Å². The Balaban J connectivity index is 1.68. The highest BCUT2D eigenvalue weighted by Crippen LogP contribution is 2.17. The minimum atomic E-state index is -0.309. The summed E-state index contributed by atoms with van der Waals surface area (Å²) in [5, 5.41) is 5.99. The summed E-state index contributed by atoms with van der Waals surface area (Å²) in [6, 6.07) is 14.2. The van der Waals surface area contributed by atoms with Crippen LogP contribution < -0.4 is 20.1 Å². The summed E-state index contributed by atoms with van der Waals surface area (Å²) in [5.41, 5.74) is 0.931. The Morgan fingerprint density at radius 3 is 2.39 bits per heavy atom. The van der Waals surface area contributed by atoms with Gasteiger partial charge >= 0.3 is 6.03 Å². The van der Waals surface area contributed by atoms with Crippen LogP contribution in [0.3, 0.4) is 0 Å². The fourth-order valence-electron chi connectivity index (χ4n) is 1.88. The van der Waals surface area contributed by atoms with Crippen molar-refractivity contribution in [3.8, 4) is 11.5 Å². The molecular formula is C17H19ClN2O3. The molecule has 0 radical (unpaired) electrons. The number of benzene rings is 2. The fourth-order valence-corrected chi connectivity index (χ4v) is 2.09. The van der Waals surface area contributed by atoms with Crippen molar-refractivity contribution in [3.05, 3.63) is 59.1 Å². The van der Waals surface area contributed by atoms with E-state index >= 15 is 0 Å². The molecule has 0 saturated heterocycles. The first-order chi connectivity index (χ1) is 11.2. The summed E-state index contributed by atoms with van der Waals surface area (Å²) in [6.07, 6.45) is 0. The number of halogens is 1. The largest absolute Gasteiger partial charge is 0.494 e. The molecule has 0 heterocycles. The van der Waals surface area contributed by atoms with Gasteiger partial charge in [-0.2, -0.15) is 0 Å². The number of carbonyl (C=O) groups is 1. The SMILES string of the molecule is CCOc1ccc(OCNC(=O)NCc2cccc(Cl)c2)cc1. The molecule has 0 aliphatic rings. The lowest BCUT2D eigenvalue weighted by Gasteiger charge is -2.10. The van der Waals surface area contributed by atoms with E-state index < -0.39 is 0 Å². The highest BCUT2D eigenvalue weighted by molar-refractivity contribution is 6.30. The van der Waals surface area contributed by atoms with Crippen LogP contribution in [0.2, 0.25) is 5.02 Å². The zero-order valence-electron chi connectivity index (χ0n) is 12.8. The van der Waals surface area contributed by atoms with Crippen LogP contribution >= 0.6 is 11.6 Å². The van der Waals surface area contributed by atoms with E-state index in [1.165, 1.54) is 0 Å². The molecule has 0 aliphatic heterocycles. The van der Waals surface area contributed by atoms with Gasteiger partial charge in [0.25, 0.3) is 0 Å². The second kappa shape index (κ2) is 8.90. The first kappa shape index (κ1) is 17.0. The molecule has 0 fully saturated rings. The topological polar surface area (TPSA) is 59.6 Å². The molecule has 122 valence electrons. The van der Waals surface area contributed by atoms with Crippen LogP contribution in [0.5, 0.6) is 11.5 Å². The fraction of sp³-hybridized carbons (Fsp3) is 0.235. The van der Waals surface area contributed by atoms with Crippen molar-refractivity contribution in [1.29, 1.82) is 0 Å². The summed E-state index contributed by atoms with van der Waals surface area (Å²) in [7, 11) is 0. The maximum absolute atomic E-state index is 11.7. The highest BCUT2D eigenvalue weighted by atomic mass is 35.5. The second-order valence-electron chi connectivity index (χ2n) is 4.68. The average Bonchev–Trinajstić information content (AvgIpc) is 2.55. The van der Waals surface area contributed by atoms with E-state index in [1.807, 2.05) is 31.2 Å². The minimum Gasteiger partial charge on any atom is -0.494 e. The average molecular weight is 335 g/mol. The summed E-state index contributed by atoms with van der Waals surface area (Å²) >= 11 is 5.89. The molecule has 0 spiro atoms. The van der Waals surface area contributed by atoms with Crippen molar-refractivity contribution in [3.63, 3.8) is 0 Å². The molecule has 0 aliphatic carbocycles. The molecule has 2 aromatic carbocycles. The number of hydrogen-bond donors (Lipinski definition) is 2. The van der Waals surface area contributed by atoms with Gasteiger partial charge in [0, 0.05) is 11.6 Å². The Labute approximate surface area is 140 Å². The molecule has 0 bridgehead atoms. The molecule has 0 aromatic heterocycles. The molecular weight excluding hydrogens is 316 g/mol. The normalized spacial score (nSPS) is 10.0. The molecule has 2 rings (SSSR count). The monoisotopic (exact) mass is 334 g/mol. The summed E-state index contributed by atoms with van der Waals surface area (Å²) in [4.78, 5) is 11.7. The number of hydrogen-bond acceptors (Lipinski definition) is 3. The first-order valence-corrected chi connectivity index (χ1v) is 7.67. The van der Waals surface area contributed by atoms with Crippen LogP contribution in [0.25, 0.3) is 0 Å². The van der Waals surface area contributed by atoms with Crippen LogP contribution in [0.15, 0.2) is 48.5 Å². The lowest BCUT2D eigenvalue weighted by Crippen LogP contribution is -2.37. The Kier molecular flexibility index (Phi) is 6.56. The zero-order valence-corrected chi connectivity index (χ0v) is 13.6. The van der Waals surface area contributed by atoms with Gasteiger partial charge in [0.2, 0.25) is 0 Å². The lowest BCUT2D eigenvalue weighted by molar-refractivity contribution is 0.223. The van der Waals surface area contributed by atoms with Gasteiger partial charge in [-0.3, -0.25) is 0 Å². The third-order valence-corrected chi connectivity index (χ3v) is 3.18. The molecule has 2 amide bonds. The Bertz CT molecular complexity index is 632. The van der Waals surface area contributed by atoms with E-state index in [1.54, 1.807) is 24.3 Å². The second-order valence-corrected chi connectivity index (χ2v) is 5.12. The first-order valence-electron chi connectivity index (χ1n) is 7.29. The van der Waals surface area contributed by atoms with Crippen LogP contribution in [-0.4, -0.2) is 19.4 Å². The van der Waals surface area contributed by atoms with Gasteiger partial charge in [-0.1, -0.05) is 23.7 Å². The van der Waals surface area contributed by atoms with Crippen molar-refractivity contribution in [2.75, 3.05) is 13.3 Å². The van der Waals surface area contributed by atoms with Crippen LogP contribution in [-0.2, 0) is 6.54 Å². The van der Waals surface area contributed by atoms with Gasteiger partial charge in [0.1, 0.15) is 11.5 Å². The number of nitrogens with one attached hydrogen (secondary N) is 2. The van der Waals surface area contributed by atoms with E-state index in [0.29, 0.717) is 23.9 Å². The molecule has 2 N–H and O–H groups in total. The third-order valence-electron chi connectivity index (χ3n) is 2.95. The van der Waals surface area contributed by atoms with Gasteiger partial charge < -0.3 is 20.1 Å². The van der Waals surface area contributed by atoms with Crippen LogP contribution in [0.1, 0.15) is 12.5 Å². The molecule has 23 heavy (non-hydrogen) atoms. The Morgan fingerprint density at radius 1 is 1.04 bits per heavy atom. The molecule has 0 saturated carbocycles. The number of ether oxygens (including phenoxy) is 2. The highest BCUT2D eigenvalue weighted by Gasteiger charge is 2.01. The van der Waals surface area contributed by atoms with Gasteiger partial charge in [-0.05, 0) is 48.9 Å². The predicted octanol–water partition coefficient (Wildman–Crippen LogP) is 3.57. The lowest BCUT2D eigenvalue weighted by atomic mass is 10.2. The van der Waals surface area contributed by atoms with Gasteiger partial charge in [0.05, 0.1) is 6.61 Å². The van der Waals surface area contributed by atoms with Crippen molar-refractivity contribution >= 4 is 17.6 Å². The summed E-state index contributed by atoms with van der Waals surface area (Å²) < 4.78 is 10.8. The van der Waals surface area contributed by atoms with E-state index in [2.05, 4.69) is 10.6 Å². The maximum Gasteiger partial charge on any atom is 0.317 e. The number of carbonyl (C=O) groups excluding carboxylic acids is 1. The number of urea groups is 1. The molecule has 2 aromatic rings. The third kappa shape index (κ3) is 6.08. The van der Waals surface area contributed by atoms with E-state index in [0.717, 1.165) is 11.3 Å². The van der Waals surface area contributed by atoms with Gasteiger partial charge in [-0.25, -0.2) is 4.79 Å². The summed E-state index contributed by atoms with van der Waals surface area (Å²) in [5.74, 6) is 1.44. The number of amides is 2. The maximum atomic E-state index is 11.7. The number of rotatable bonds is 7. The predicted molar refractivity (Wildman–Crippen MR) is 89.9 cm³/mol. The smallest absolute Gasteiger partial charge is 0.317 e. The molecule has 6 heteroatoms. The van der Waals surface area contributed by atoms with E-state index in [9.17, 15) is 4.79 Å². The molecule has 0 atom stereocenters. The summed E-state index contributed by atoms with van der Waals surface area (Å²) in [6.45, 7) is 3.02. The van der Waals surface area contributed by atoms with E-state index in [4.69, 9.17) is 21.1 Å². The zero-order chi connectivity index (χ0) is 16.5. The van der Waals surface area contributed by atoms with Crippen molar-refractivity contribution in [2.45, 2.75) is 13.5 Å². The Morgan fingerprint density at radius 2 is 1.74 bits per heavy atom.